The number of nitrogens with zero attached hydrogens (tertiary/aromatic N) is 2. The molecular formula is C27H25N3O4S. The fourth-order valence-corrected chi connectivity index (χ4v) is 4.41. The molecule has 0 radical (unpaired) electrons. The lowest BCUT2D eigenvalue weighted by Gasteiger charge is -2.06. The summed E-state index contributed by atoms with van der Waals surface area (Å²) in [6, 6.07) is 21.3. The van der Waals surface area contributed by atoms with Gasteiger partial charge in [0, 0.05) is 23.3 Å². The van der Waals surface area contributed by atoms with Crippen LogP contribution in [-0.2, 0) is 0 Å². The third kappa shape index (κ3) is 5.91. The van der Waals surface area contributed by atoms with Gasteiger partial charge in [-0.05, 0) is 55.3 Å². The number of benzene rings is 3. The van der Waals surface area contributed by atoms with Crippen molar-refractivity contribution in [2.75, 3.05) is 11.9 Å². The van der Waals surface area contributed by atoms with Gasteiger partial charge in [0.2, 0.25) is 0 Å². The lowest BCUT2D eigenvalue weighted by Crippen LogP contribution is -2.11. The lowest BCUT2D eigenvalue weighted by molar-refractivity contribution is -0.384. The SMILES string of the molecule is CCCCOc1ccc(C(=O)Nc2nc(-c3ccc(C)cc3)c(-c3ccc([N+](=O)[O-])cc3)s2)cc1. The number of hydrogen-bond donors (Lipinski definition) is 1. The molecule has 1 amide bonds. The number of amides is 1. The maximum atomic E-state index is 12.9. The Bertz CT molecular complexity index is 1310. The summed E-state index contributed by atoms with van der Waals surface area (Å²) in [5.74, 6) is 0.455. The molecule has 8 heteroatoms. The summed E-state index contributed by atoms with van der Waals surface area (Å²) in [7, 11) is 0. The topological polar surface area (TPSA) is 94.4 Å². The van der Waals surface area contributed by atoms with Gasteiger partial charge in [-0.25, -0.2) is 4.98 Å². The van der Waals surface area contributed by atoms with Gasteiger partial charge in [0.1, 0.15) is 5.75 Å². The summed E-state index contributed by atoms with van der Waals surface area (Å²) in [5, 5.41) is 14.4. The summed E-state index contributed by atoms with van der Waals surface area (Å²) in [4.78, 5) is 29.0. The van der Waals surface area contributed by atoms with E-state index in [9.17, 15) is 14.9 Å². The number of unbranched alkanes of at least 4 members (excludes halogenated alkanes) is 1. The van der Waals surface area contributed by atoms with E-state index in [0.29, 0.717) is 23.0 Å². The van der Waals surface area contributed by atoms with Gasteiger partial charge in [-0.2, -0.15) is 0 Å². The molecule has 0 atom stereocenters. The van der Waals surface area contributed by atoms with Crippen molar-refractivity contribution in [2.45, 2.75) is 26.7 Å². The number of carbonyl (C=O) groups excluding carboxylic acids is 1. The molecule has 1 heterocycles. The minimum absolute atomic E-state index is 0.0193. The molecule has 3 aromatic carbocycles. The summed E-state index contributed by atoms with van der Waals surface area (Å²) >= 11 is 1.33. The van der Waals surface area contributed by atoms with Crippen molar-refractivity contribution in [1.82, 2.24) is 4.98 Å². The molecular weight excluding hydrogens is 462 g/mol. The Morgan fingerprint density at radius 3 is 2.29 bits per heavy atom. The highest BCUT2D eigenvalue weighted by Crippen LogP contribution is 2.39. The van der Waals surface area contributed by atoms with Crippen molar-refractivity contribution in [3.63, 3.8) is 0 Å². The third-order valence-electron chi connectivity index (χ3n) is 5.40. The van der Waals surface area contributed by atoms with Gasteiger partial charge in [0.15, 0.2) is 5.13 Å². The molecule has 0 spiro atoms. The number of aromatic nitrogens is 1. The molecule has 35 heavy (non-hydrogen) atoms. The molecule has 4 aromatic rings. The van der Waals surface area contributed by atoms with E-state index in [1.165, 1.54) is 23.5 Å². The highest BCUT2D eigenvalue weighted by Gasteiger charge is 2.18. The van der Waals surface area contributed by atoms with Crippen LogP contribution < -0.4 is 10.1 Å². The molecule has 1 N–H and O–H groups in total. The number of nitro groups is 1. The number of anilines is 1. The summed E-state index contributed by atoms with van der Waals surface area (Å²) in [6.07, 6.45) is 2.04. The van der Waals surface area contributed by atoms with E-state index in [1.807, 2.05) is 31.2 Å². The minimum atomic E-state index is -0.427. The fourth-order valence-electron chi connectivity index (χ4n) is 3.42. The van der Waals surface area contributed by atoms with E-state index in [-0.39, 0.29) is 11.6 Å². The average Bonchev–Trinajstić information content (AvgIpc) is 3.28. The van der Waals surface area contributed by atoms with Crippen molar-refractivity contribution >= 4 is 28.1 Å². The van der Waals surface area contributed by atoms with Gasteiger partial charge >= 0.3 is 0 Å². The van der Waals surface area contributed by atoms with Gasteiger partial charge in [-0.15, -0.1) is 0 Å². The second-order valence-electron chi connectivity index (χ2n) is 8.05. The summed E-state index contributed by atoms with van der Waals surface area (Å²) in [5.41, 5.74) is 4.03. The second kappa shape index (κ2) is 10.9. The fraction of sp³-hybridized carbons (Fsp3) is 0.185. The average molecular weight is 488 g/mol. The summed E-state index contributed by atoms with van der Waals surface area (Å²) < 4.78 is 5.66. The number of rotatable bonds is 9. The Balaban J connectivity index is 1.60. The monoisotopic (exact) mass is 487 g/mol. The minimum Gasteiger partial charge on any atom is -0.494 e. The standard InChI is InChI=1S/C27H25N3O4S/c1-3-4-17-34-23-15-11-21(12-16-23)26(31)29-27-28-24(19-7-5-18(2)6-8-19)25(35-27)20-9-13-22(14-10-20)30(32)33/h5-16H,3-4,17H2,1-2H3,(H,28,29,31). The number of hydrogen-bond acceptors (Lipinski definition) is 6. The number of ether oxygens (including phenoxy) is 1. The molecule has 4 rings (SSSR count). The Hall–Kier alpha value is -4.04. The predicted molar refractivity (Wildman–Crippen MR) is 139 cm³/mol. The molecule has 0 aliphatic rings. The van der Waals surface area contributed by atoms with Crippen molar-refractivity contribution in [3.8, 4) is 27.4 Å². The Morgan fingerprint density at radius 1 is 1.00 bits per heavy atom. The van der Waals surface area contributed by atoms with E-state index in [2.05, 4.69) is 12.2 Å². The van der Waals surface area contributed by atoms with Gasteiger partial charge < -0.3 is 4.74 Å². The molecule has 0 bridgehead atoms. The Morgan fingerprint density at radius 2 is 1.66 bits per heavy atom. The molecule has 0 aliphatic heterocycles. The number of nitro benzene ring substituents is 1. The van der Waals surface area contributed by atoms with Crippen LogP contribution in [0.5, 0.6) is 5.75 Å². The molecule has 0 fully saturated rings. The highest BCUT2D eigenvalue weighted by atomic mass is 32.1. The van der Waals surface area contributed by atoms with Crippen molar-refractivity contribution in [2.24, 2.45) is 0 Å². The van der Waals surface area contributed by atoms with Crippen LogP contribution in [0.2, 0.25) is 0 Å². The third-order valence-corrected chi connectivity index (χ3v) is 6.42. The zero-order valence-electron chi connectivity index (χ0n) is 19.5. The quantitative estimate of drug-likeness (QED) is 0.154. The van der Waals surface area contributed by atoms with Crippen LogP contribution in [0.1, 0.15) is 35.7 Å². The van der Waals surface area contributed by atoms with Crippen LogP contribution in [0.3, 0.4) is 0 Å². The number of nitrogens with one attached hydrogen (secondary N) is 1. The van der Waals surface area contributed by atoms with E-state index >= 15 is 0 Å². The van der Waals surface area contributed by atoms with Gasteiger partial charge in [0.05, 0.1) is 22.1 Å². The normalized spacial score (nSPS) is 10.7. The van der Waals surface area contributed by atoms with Gasteiger partial charge in [-0.1, -0.05) is 54.5 Å². The van der Waals surface area contributed by atoms with Crippen LogP contribution in [0.25, 0.3) is 21.7 Å². The van der Waals surface area contributed by atoms with Crippen molar-refractivity contribution in [3.05, 3.63) is 94.0 Å². The highest BCUT2D eigenvalue weighted by molar-refractivity contribution is 7.19. The van der Waals surface area contributed by atoms with Gasteiger partial charge in [-0.3, -0.25) is 20.2 Å². The number of thiazole rings is 1. The van der Waals surface area contributed by atoms with E-state index in [1.54, 1.807) is 36.4 Å². The summed E-state index contributed by atoms with van der Waals surface area (Å²) in [6.45, 7) is 4.76. The number of non-ortho nitro benzene ring substituents is 1. The first-order valence-corrected chi connectivity index (χ1v) is 12.1. The Kier molecular flexibility index (Phi) is 7.52. The first-order chi connectivity index (χ1) is 16.9. The number of carbonyl (C=O) groups is 1. The van der Waals surface area contributed by atoms with Crippen molar-refractivity contribution in [1.29, 1.82) is 0 Å². The van der Waals surface area contributed by atoms with E-state index in [4.69, 9.17) is 9.72 Å². The van der Waals surface area contributed by atoms with Crippen LogP contribution >= 0.6 is 11.3 Å². The van der Waals surface area contributed by atoms with Crippen LogP contribution in [0.4, 0.5) is 10.8 Å². The first kappa shape index (κ1) is 24.1. The van der Waals surface area contributed by atoms with Gasteiger partial charge in [0.25, 0.3) is 11.6 Å². The van der Waals surface area contributed by atoms with Crippen LogP contribution in [0.15, 0.2) is 72.8 Å². The largest absolute Gasteiger partial charge is 0.494 e. The molecule has 178 valence electrons. The molecule has 0 aliphatic carbocycles. The maximum absolute atomic E-state index is 12.9. The van der Waals surface area contributed by atoms with Crippen LogP contribution in [-0.4, -0.2) is 22.4 Å². The zero-order chi connectivity index (χ0) is 24.8. The first-order valence-electron chi connectivity index (χ1n) is 11.3. The van der Waals surface area contributed by atoms with Crippen LogP contribution in [0, 0.1) is 17.0 Å². The van der Waals surface area contributed by atoms with E-state index < -0.39 is 4.92 Å². The Labute approximate surface area is 207 Å². The molecule has 0 saturated carbocycles. The predicted octanol–water partition coefficient (Wildman–Crippen LogP) is 7.12. The molecule has 0 saturated heterocycles. The van der Waals surface area contributed by atoms with Crippen molar-refractivity contribution < 1.29 is 14.5 Å². The lowest BCUT2D eigenvalue weighted by atomic mass is 10.1. The molecule has 1 aromatic heterocycles. The number of aryl methyl sites for hydroxylation is 1. The molecule has 7 nitrogen and oxygen atoms in total. The van der Waals surface area contributed by atoms with E-state index in [0.717, 1.165) is 40.2 Å². The zero-order valence-corrected chi connectivity index (χ0v) is 20.3. The molecule has 0 unspecified atom stereocenters. The smallest absolute Gasteiger partial charge is 0.269 e. The second-order valence-corrected chi connectivity index (χ2v) is 9.05. The maximum Gasteiger partial charge on any atom is 0.269 e.